The summed E-state index contributed by atoms with van der Waals surface area (Å²) in [6.45, 7) is 2.28. The minimum atomic E-state index is 0.828. The summed E-state index contributed by atoms with van der Waals surface area (Å²) in [5.41, 5.74) is 2.83. The summed E-state index contributed by atoms with van der Waals surface area (Å²) < 4.78 is 0. The largest absolute Gasteiger partial charge is 0.0782 e. The molecule has 1 aromatic rings. The van der Waals surface area contributed by atoms with Crippen LogP contribution < -0.4 is 0 Å². The summed E-state index contributed by atoms with van der Waals surface area (Å²) in [5, 5.41) is 0. The van der Waals surface area contributed by atoms with Crippen molar-refractivity contribution in [1.29, 1.82) is 0 Å². The molecule has 18 heavy (non-hydrogen) atoms. The first-order valence-corrected chi connectivity index (χ1v) is 7.32. The van der Waals surface area contributed by atoms with Crippen molar-refractivity contribution >= 4 is 6.08 Å². The van der Waals surface area contributed by atoms with E-state index in [1.807, 2.05) is 0 Å². The van der Waals surface area contributed by atoms with Gasteiger partial charge in [-0.3, -0.25) is 0 Å². The molecule has 1 aromatic carbocycles. The van der Waals surface area contributed by atoms with Gasteiger partial charge in [-0.2, -0.15) is 0 Å². The molecule has 0 saturated heterocycles. The van der Waals surface area contributed by atoms with E-state index in [0.29, 0.717) is 0 Å². The summed E-state index contributed by atoms with van der Waals surface area (Å²) >= 11 is 0. The third-order valence-electron chi connectivity index (χ3n) is 3.71. The second kappa shape index (κ2) is 7.20. The average Bonchev–Trinajstić information content (AvgIpc) is 2.44. The number of allylic oxidation sites excluding steroid dienone is 3. The summed E-state index contributed by atoms with van der Waals surface area (Å²) in [4.78, 5) is 0. The van der Waals surface area contributed by atoms with Crippen LogP contribution >= 0.6 is 0 Å². The molecule has 0 fully saturated rings. The molecule has 1 atom stereocenters. The highest BCUT2D eigenvalue weighted by Gasteiger charge is 2.11. The fourth-order valence-electron chi connectivity index (χ4n) is 2.64. The Bertz CT molecular complexity index is 397. The van der Waals surface area contributed by atoms with Gasteiger partial charge in [-0.05, 0) is 37.2 Å². The normalized spacial score (nSPS) is 20.1. The van der Waals surface area contributed by atoms with Gasteiger partial charge in [0.2, 0.25) is 0 Å². The maximum atomic E-state index is 2.51. The summed E-state index contributed by atoms with van der Waals surface area (Å²) in [5.74, 6) is 0.828. The first-order valence-electron chi connectivity index (χ1n) is 7.32. The predicted octanol–water partition coefficient (Wildman–Crippen LogP) is 5.62. The summed E-state index contributed by atoms with van der Waals surface area (Å²) in [6.07, 6.45) is 15.1. The first kappa shape index (κ1) is 13.1. The van der Waals surface area contributed by atoms with Gasteiger partial charge in [-0.1, -0.05) is 73.9 Å². The van der Waals surface area contributed by atoms with Crippen LogP contribution in [0.4, 0.5) is 0 Å². The quantitative estimate of drug-likeness (QED) is 0.627. The van der Waals surface area contributed by atoms with Crippen molar-refractivity contribution in [2.45, 2.75) is 45.4 Å². The van der Waals surface area contributed by atoms with Crippen LogP contribution in [-0.4, -0.2) is 0 Å². The Morgan fingerprint density at radius 1 is 1.17 bits per heavy atom. The lowest BCUT2D eigenvalue weighted by Gasteiger charge is -2.19. The first-order chi connectivity index (χ1) is 8.88. The van der Waals surface area contributed by atoms with E-state index < -0.39 is 0 Å². The molecule has 2 rings (SSSR count). The molecule has 0 aromatic heterocycles. The van der Waals surface area contributed by atoms with Gasteiger partial charge >= 0.3 is 0 Å². The van der Waals surface area contributed by atoms with E-state index in [1.165, 1.54) is 49.7 Å². The Labute approximate surface area is 111 Å². The van der Waals surface area contributed by atoms with Gasteiger partial charge in [0.1, 0.15) is 0 Å². The Kier molecular flexibility index (Phi) is 5.26. The van der Waals surface area contributed by atoms with Crippen LogP contribution in [0.1, 0.15) is 51.0 Å². The Balaban J connectivity index is 1.95. The number of unbranched alkanes of at least 4 members (excludes halogenated alkanes) is 1. The number of rotatable bonds is 5. The molecule has 0 radical (unpaired) electrons. The molecule has 0 spiro atoms. The van der Waals surface area contributed by atoms with Crippen molar-refractivity contribution < 1.29 is 0 Å². The SMILES string of the molecule is CCCCC1C=C(/C=C\c2ccccc2)CCC1. The van der Waals surface area contributed by atoms with E-state index in [0.717, 1.165) is 5.92 Å². The van der Waals surface area contributed by atoms with E-state index in [1.54, 1.807) is 0 Å². The number of hydrogen-bond donors (Lipinski definition) is 0. The molecule has 0 N–H and O–H groups in total. The van der Waals surface area contributed by atoms with E-state index in [4.69, 9.17) is 0 Å². The average molecular weight is 240 g/mol. The van der Waals surface area contributed by atoms with Crippen molar-refractivity contribution in [3.05, 3.63) is 53.6 Å². The highest BCUT2D eigenvalue weighted by Crippen LogP contribution is 2.27. The van der Waals surface area contributed by atoms with Crippen LogP contribution in [0.3, 0.4) is 0 Å². The zero-order chi connectivity index (χ0) is 12.6. The molecule has 0 aliphatic heterocycles. The van der Waals surface area contributed by atoms with Crippen LogP contribution in [0.25, 0.3) is 6.08 Å². The zero-order valence-corrected chi connectivity index (χ0v) is 11.4. The molecule has 0 bridgehead atoms. The minimum Gasteiger partial charge on any atom is -0.0782 e. The molecule has 0 heterocycles. The summed E-state index contributed by atoms with van der Waals surface area (Å²) in [6, 6.07) is 10.6. The molecule has 1 aliphatic carbocycles. The lowest BCUT2D eigenvalue weighted by atomic mass is 9.87. The van der Waals surface area contributed by atoms with Crippen molar-refractivity contribution in [3.63, 3.8) is 0 Å². The monoisotopic (exact) mass is 240 g/mol. The topological polar surface area (TPSA) is 0 Å². The second-order valence-electron chi connectivity index (χ2n) is 5.28. The summed E-state index contributed by atoms with van der Waals surface area (Å²) in [7, 11) is 0. The van der Waals surface area contributed by atoms with Gasteiger partial charge in [-0.15, -0.1) is 0 Å². The van der Waals surface area contributed by atoms with Gasteiger partial charge in [0.15, 0.2) is 0 Å². The van der Waals surface area contributed by atoms with Crippen molar-refractivity contribution in [2.75, 3.05) is 0 Å². The smallest absolute Gasteiger partial charge is 0.0228 e. The van der Waals surface area contributed by atoms with Gasteiger partial charge in [0.25, 0.3) is 0 Å². The van der Waals surface area contributed by atoms with Crippen LogP contribution in [-0.2, 0) is 0 Å². The molecule has 1 aliphatic rings. The number of hydrogen-bond acceptors (Lipinski definition) is 0. The van der Waals surface area contributed by atoms with E-state index in [9.17, 15) is 0 Å². The standard InChI is InChI=1S/C18H24/c1-2-3-8-17-11-7-12-18(15-17)14-13-16-9-5-4-6-10-16/h4-6,9-10,13-15,17H,2-3,7-8,11-12H2,1H3/b14-13-. The Morgan fingerprint density at radius 2 is 2.00 bits per heavy atom. The van der Waals surface area contributed by atoms with Gasteiger partial charge in [0.05, 0.1) is 0 Å². The lowest BCUT2D eigenvalue weighted by molar-refractivity contribution is 0.480. The predicted molar refractivity (Wildman–Crippen MR) is 80.4 cm³/mol. The van der Waals surface area contributed by atoms with Crippen LogP contribution in [0.5, 0.6) is 0 Å². The van der Waals surface area contributed by atoms with Gasteiger partial charge in [0, 0.05) is 0 Å². The molecule has 0 amide bonds. The van der Waals surface area contributed by atoms with Crippen LogP contribution in [0.2, 0.25) is 0 Å². The van der Waals surface area contributed by atoms with E-state index in [2.05, 4.69) is 55.5 Å². The third kappa shape index (κ3) is 4.18. The third-order valence-corrected chi connectivity index (χ3v) is 3.71. The minimum absolute atomic E-state index is 0.828. The lowest BCUT2D eigenvalue weighted by Crippen LogP contribution is -2.03. The molecule has 96 valence electrons. The Morgan fingerprint density at radius 3 is 2.78 bits per heavy atom. The highest BCUT2D eigenvalue weighted by atomic mass is 14.2. The highest BCUT2D eigenvalue weighted by molar-refractivity contribution is 5.52. The van der Waals surface area contributed by atoms with Crippen molar-refractivity contribution in [2.24, 2.45) is 5.92 Å². The zero-order valence-electron chi connectivity index (χ0n) is 11.4. The maximum absolute atomic E-state index is 2.51. The van der Waals surface area contributed by atoms with Crippen LogP contribution in [0.15, 0.2) is 48.1 Å². The second-order valence-corrected chi connectivity index (χ2v) is 5.28. The number of benzene rings is 1. The van der Waals surface area contributed by atoms with Crippen molar-refractivity contribution in [1.82, 2.24) is 0 Å². The van der Waals surface area contributed by atoms with E-state index >= 15 is 0 Å². The molecular weight excluding hydrogens is 216 g/mol. The maximum Gasteiger partial charge on any atom is -0.0228 e. The molecule has 0 heteroatoms. The van der Waals surface area contributed by atoms with Gasteiger partial charge < -0.3 is 0 Å². The fourth-order valence-corrected chi connectivity index (χ4v) is 2.64. The van der Waals surface area contributed by atoms with E-state index in [-0.39, 0.29) is 0 Å². The van der Waals surface area contributed by atoms with Gasteiger partial charge in [-0.25, -0.2) is 0 Å². The van der Waals surface area contributed by atoms with Crippen molar-refractivity contribution in [3.8, 4) is 0 Å². The molecule has 0 saturated carbocycles. The molecule has 1 unspecified atom stereocenters. The fraction of sp³-hybridized carbons (Fsp3) is 0.444. The van der Waals surface area contributed by atoms with Crippen LogP contribution in [0, 0.1) is 5.92 Å². The molecular formula is C18H24. The Hall–Kier alpha value is -1.30. The molecule has 0 nitrogen and oxygen atoms in total.